The van der Waals surface area contributed by atoms with Crippen LogP contribution in [-0.4, -0.2) is 64.3 Å². The van der Waals surface area contributed by atoms with Gasteiger partial charge in [-0.25, -0.2) is 8.42 Å². The lowest BCUT2D eigenvalue weighted by Crippen LogP contribution is -2.46. The van der Waals surface area contributed by atoms with Crippen molar-refractivity contribution in [2.24, 2.45) is 0 Å². The molecule has 0 aliphatic carbocycles. The van der Waals surface area contributed by atoms with Crippen LogP contribution in [0.4, 0.5) is 8.78 Å². The molecule has 2 N–H and O–H groups in total. The van der Waals surface area contributed by atoms with Crippen molar-refractivity contribution in [1.29, 1.82) is 0 Å². The molecule has 24 heavy (non-hydrogen) atoms. The molecule has 0 unspecified atom stereocenters. The molecular formula is C15H21F2N3O3S. The number of carbonyl (C=O) groups is 1. The highest BCUT2D eigenvalue weighted by molar-refractivity contribution is 7.91. The van der Waals surface area contributed by atoms with Crippen molar-refractivity contribution in [1.82, 2.24) is 15.5 Å². The monoisotopic (exact) mass is 361 g/mol. The maximum absolute atomic E-state index is 12.4. The molecule has 1 saturated heterocycles. The zero-order chi connectivity index (χ0) is 17.6. The second-order valence-corrected chi connectivity index (χ2v) is 7.49. The Morgan fingerprint density at radius 2 is 1.83 bits per heavy atom. The standard InChI is InChI=1S/C15H21F2N3O3S/c16-15(17)24(22,23)13-3-1-12(2-4-13)11-14(21)19-7-10-20-8-5-18-6-9-20/h1-4,15,18H,5-11H2,(H,19,21). The van der Waals surface area contributed by atoms with Crippen molar-refractivity contribution in [3.63, 3.8) is 0 Å². The Balaban J connectivity index is 1.79. The van der Waals surface area contributed by atoms with Gasteiger partial charge in [-0.15, -0.1) is 0 Å². The fraction of sp³-hybridized carbons (Fsp3) is 0.533. The summed E-state index contributed by atoms with van der Waals surface area (Å²) in [5.41, 5.74) is 0.572. The van der Waals surface area contributed by atoms with E-state index in [4.69, 9.17) is 0 Å². The highest BCUT2D eigenvalue weighted by Gasteiger charge is 2.26. The first kappa shape index (κ1) is 18.8. The maximum Gasteiger partial charge on any atom is 0.341 e. The molecule has 2 rings (SSSR count). The second kappa shape index (κ2) is 8.50. The van der Waals surface area contributed by atoms with Crippen molar-refractivity contribution in [2.75, 3.05) is 39.3 Å². The number of nitrogens with zero attached hydrogens (tertiary/aromatic N) is 1. The van der Waals surface area contributed by atoms with Crippen molar-refractivity contribution in [2.45, 2.75) is 17.1 Å². The quantitative estimate of drug-likeness (QED) is 0.728. The molecule has 0 spiro atoms. The van der Waals surface area contributed by atoms with E-state index in [1.54, 1.807) is 0 Å². The molecule has 0 atom stereocenters. The molecule has 9 heteroatoms. The first-order valence-electron chi connectivity index (χ1n) is 7.70. The number of rotatable bonds is 7. The number of halogens is 2. The van der Waals surface area contributed by atoms with Crippen LogP contribution in [0.25, 0.3) is 0 Å². The van der Waals surface area contributed by atoms with Crippen LogP contribution in [-0.2, 0) is 21.1 Å². The normalized spacial score (nSPS) is 16.3. The minimum Gasteiger partial charge on any atom is -0.355 e. The van der Waals surface area contributed by atoms with Gasteiger partial charge in [0.05, 0.1) is 11.3 Å². The second-order valence-electron chi connectivity index (χ2n) is 5.57. The molecule has 1 aliphatic heterocycles. The van der Waals surface area contributed by atoms with Crippen LogP contribution in [0, 0.1) is 0 Å². The molecule has 1 amide bonds. The molecule has 0 bridgehead atoms. The predicted octanol–water partition coefficient (Wildman–Crippen LogP) is 0.247. The Bertz CT molecular complexity index is 644. The molecule has 1 aliphatic rings. The smallest absolute Gasteiger partial charge is 0.341 e. The van der Waals surface area contributed by atoms with Gasteiger partial charge in [-0.3, -0.25) is 9.69 Å². The molecule has 134 valence electrons. The third-order valence-electron chi connectivity index (χ3n) is 3.81. The lowest BCUT2D eigenvalue weighted by atomic mass is 10.1. The maximum atomic E-state index is 12.4. The van der Waals surface area contributed by atoms with E-state index in [9.17, 15) is 22.0 Å². The van der Waals surface area contributed by atoms with E-state index in [0.29, 0.717) is 12.1 Å². The Labute approximate surface area is 140 Å². The molecule has 1 heterocycles. The van der Waals surface area contributed by atoms with Gasteiger partial charge in [0.25, 0.3) is 0 Å². The number of benzene rings is 1. The van der Waals surface area contributed by atoms with E-state index in [-0.39, 0.29) is 12.3 Å². The molecule has 1 aromatic carbocycles. The summed E-state index contributed by atoms with van der Waals surface area (Å²) in [5, 5.41) is 6.05. The van der Waals surface area contributed by atoms with E-state index in [1.165, 1.54) is 12.1 Å². The van der Waals surface area contributed by atoms with Gasteiger partial charge < -0.3 is 10.6 Å². The van der Waals surface area contributed by atoms with E-state index in [0.717, 1.165) is 44.9 Å². The van der Waals surface area contributed by atoms with Crippen molar-refractivity contribution < 1.29 is 22.0 Å². The lowest BCUT2D eigenvalue weighted by Gasteiger charge is -2.27. The first-order valence-corrected chi connectivity index (χ1v) is 9.25. The minimum absolute atomic E-state index is 0.0799. The number of alkyl halides is 2. The summed E-state index contributed by atoms with van der Waals surface area (Å²) in [6.45, 7) is 5.12. The average Bonchev–Trinajstić information content (AvgIpc) is 2.56. The third-order valence-corrected chi connectivity index (χ3v) is 5.21. The fourth-order valence-electron chi connectivity index (χ4n) is 2.44. The van der Waals surface area contributed by atoms with Gasteiger partial charge in [0.15, 0.2) is 0 Å². The summed E-state index contributed by atoms with van der Waals surface area (Å²) in [6, 6.07) is 4.96. The van der Waals surface area contributed by atoms with E-state index < -0.39 is 20.5 Å². The zero-order valence-corrected chi connectivity index (χ0v) is 14.0. The largest absolute Gasteiger partial charge is 0.355 e. The summed E-state index contributed by atoms with van der Waals surface area (Å²) < 4.78 is 47.5. The molecule has 1 fully saturated rings. The summed E-state index contributed by atoms with van der Waals surface area (Å²) in [7, 11) is -4.59. The number of hydrogen-bond donors (Lipinski definition) is 2. The molecule has 0 radical (unpaired) electrons. The lowest BCUT2D eigenvalue weighted by molar-refractivity contribution is -0.120. The third kappa shape index (κ3) is 5.22. The highest BCUT2D eigenvalue weighted by Crippen LogP contribution is 2.18. The van der Waals surface area contributed by atoms with Gasteiger partial charge in [-0.05, 0) is 17.7 Å². The summed E-state index contributed by atoms with van der Waals surface area (Å²) >= 11 is 0. The first-order chi connectivity index (χ1) is 11.4. The Kier molecular flexibility index (Phi) is 6.64. The van der Waals surface area contributed by atoms with Crippen LogP contribution >= 0.6 is 0 Å². The summed E-state index contributed by atoms with van der Waals surface area (Å²) in [5.74, 6) is -3.63. The number of amides is 1. The minimum atomic E-state index is -4.59. The predicted molar refractivity (Wildman–Crippen MR) is 85.7 cm³/mol. The number of hydrogen-bond acceptors (Lipinski definition) is 5. The fourth-order valence-corrected chi connectivity index (χ4v) is 3.16. The topological polar surface area (TPSA) is 78.5 Å². The number of carbonyl (C=O) groups excluding carboxylic acids is 1. The summed E-state index contributed by atoms with van der Waals surface area (Å²) in [4.78, 5) is 13.7. The van der Waals surface area contributed by atoms with Crippen LogP contribution < -0.4 is 10.6 Å². The van der Waals surface area contributed by atoms with Crippen LogP contribution in [0.2, 0.25) is 0 Å². The van der Waals surface area contributed by atoms with Crippen molar-refractivity contribution in [3.8, 4) is 0 Å². The van der Waals surface area contributed by atoms with Crippen LogP contribution in [0.5, 0.6) is 0 Å². The Hall–Kier alpha value is -1.58. The summed E-state index contributed by atoms with van der Waals surface area (Å²) in [6.07, 6.45) is 0.0799. The number of sulfone groups is 1. The molecule has 1 aromatic rings. The molecule has 0 aromatic heterocycles. The van der Waals surface area contributed by atoms with Crippen molar-refractivity contribution >= 4 is 15.7 Å². The van der Waals surface area contributed by atoms with Crippen LogP contribution in [0.1, 0.15) is 5.56 Å². The van der Waals surface area contributed by atoms with E-state index >= 15 is 0 Å². The Morgan fingerprint density at radius 3 is 2.42 bits per heavy atom. The Morgan fingerprint density at radius 1 is 1.21 bits per heavy atom. The average molecular weight is 361 g/mol. The van der Waals surface area contributed by atoms with Gasteiger partial charge in [0.2, 0.25) is 15.7 Å². The SMILES string of the molecule is O=C(Cc1ccc(S(=O)(=O)C(F)F)cc1)NCCN1CCNCC1. The molecule has 0 saturated carbocycles. The molecular weight excluding hydrogens is 340 g/mol. The molecule has 6 nitrogen and oxygen atoms in total. The number of piperazine rings is 1. The van der Waals surface area contributed by atoms with Gasteiger partial charge in [0.1, 0.15) is 0 Å². The zero-order valence-electron chi connectivity index (χ0n) is 13.2. The van der Waals surface area contributed by atoms with E-state index in [2.05, 4.69) is 15.5 Å². The van der Waals surface area contributed by atoms with Gasteiger partial charge >= 0.3 is 5.76 Å². The van der Waals surface area contributed by atoms with Crippen LogP contribution in [0.3, 0.4) is 0 Å². The van der Waals surface area contributed by atoms with Gasteiger partial charge in [0, 0.05) is 39.3 Å². The highest BCUT2D eigenvalue weighted by atomic mass is 32.2. The van der Waals surface area contributed by atoms with Crippen LogP contribution in [0.15, 0.2) is 29.2 Å². The van der Waals surface area contributed by atoms with Gasteiger partial charge in [-0.2, -0.15) is 8.78 Å². The van der Waals surface area contributed by atoms with E-state index in [1.807, 2.05) is 0 Å². The van der Waals surface area contributed by atoms with Gasteiger partial charge in [-0.1, -0.05) is 12.1 Å². The van der Waals surface area contributed by atoms with Crippen molar-refractivity contribution in [3.05, 3.63) is 29.8 Å². The number of nitrogens with one attached hydrogen (secondary N) is 2.